The summed E-state index contributed by atoms with van der Waals surface area (Å²) in [6, 6.07) is 17.3. The molecule has 4 rings (SSSR count). The maximum absolute atomic E-state index is 9.29. The van der Waals surface area contributed by atoms with E-state index >= 15 is 0 Å². The summed E-state index contributed by atoms with van der Waals surface area (Å²) in [6.07, 6.45) is 0. The molecule has 0 spiro atoms. The van der Waals surface area contributed by atoms with E-state index in [1.807, 2.05) is 4.57 Å². The van der Waals surface area contributed by atoms with Crippen LogP contribution < -0.4 is 0 Å². The number of benzene rings is 2. The molecule has 2 aromatic carbocycles. The van der Waals surface area contributed by atoms with Gasteiger partial charge in [-0.25, -0.2) is 0 Å². The Morgan fingerprint density at radius 3 is 2.56 bits per heavy atom. The molecule has 1 aliphatic rings. The molecule has 5 nitrogen and oxygen atoms in total. The Morgan fingerprint density at radius 1 is 1.00 bits per heavy atom. The number of nitrogens with zero attached hydrogens (tertiary/aromatic N) is 4. The molecular formula is C20H22N4O. The maximum atomic E-state index is 9.29. The highest BCUT2D eigenvalue weighted by molar-refractivity contribution is 5.67. The molecule has 0 unspecified atom stereocenters. The Balaban J connectivity index is 1.46. The molecule has 0 radical (unpaired) electrons. The predicted molar refractivity (Wildman–Crippen MR) is 96.7 cm³/mol. The van der Waals surface area contributed by atoms with Gasteiger partial charge in [-0.2, -0.15) is 0 Å². The molecule has 1 aliphatic heterocycles. The van der Waals surface area contributed by atoms with Crippen molar-refractivity contribution in [2.75, 3.05) is 6.54 Å². The zero-order valence-electron chi connectivity index (χ0n) is 14.4. The fourth-order valence-corrected chi connectivity index (χ4v) is 3.46. The molecule has 25 heavy (non-hydrogen) atoms. The SMILES string of the molecule is Cc1ccccc1-c1ccc(CN2CCn3c(CO)nnc3C2)cc1. The van der Waals surface area contributed by atoms with E-state index in [2.05, 4.69) is 70.6 Å². The number of hydrogen-bond donors (Lipinski definition) is 1. The molecule has 0 saturated heterocycles. The van der Waals surface area contributed by atoms with Crippen LogP contribution in [-0.4, -0.2) is 31.3 Å². The van der Waals surface area contributed by atoms with Crippen LogP contribution in [0.2, 0.25) is 0 Å². The quantitative estimate of drug-likeness (QED) is 0.797. The summed E-state index contributed by atoms with van der Waals surface area (Å²) in [6.45, 7) is 5.54. The van der Waals surface area contributed by atoms with Crippen molar-refractivity contribution in [2.45, 2.75) is 33.2 Å². The average molecular weight is 334 g/mol. The second-order valence-corrected chi connectivity index (χ2v) is 6.56. The first-order valence-corrected chi connectivity index (χ1v) is 8.63. The van der Waals surface area contributed by atoms with E-state index in [0.29, 0.717) is 5.82 Å². The third-order valence-electron chi connectivity index (χ3n) is 4.87. The lowest BCUT2D eigenvalue weighted by Crippen LogP contribution is -2.34. The summed E-state index contributed by atoms with van der Waals surface area (Å²) in [4.78, 5) is 2.37. The van der Waals surface area contributed by atoms with Crippen LogP contribution in [0, 0.1) is 6.92 Å². The number of rotatable bonds is 4. The highest BCUT2D eigenvalue weighted by atomic mass is 16.3. The molecule has 2 heterocycles. The van der Waals surface area contributed by atoms with Crippen molar-refractivity contribution in [3.05, 3.63) is 71.3 Å². The first-order valence-electron chi connectivity index (χ1n) is 8.63. The topological polar surface area (TPSA) is 54.2 Å². The first-order chi connectivity index (χ1) is 12.2. The van der Waals surface area contributed by atoms with Crippen LogP contribution in [0.3, 0.4) is 0 Å². The molecule has 1 N–H and O–H groups in total. The van der Waals surface area contributed by atoms with Crippen LogP contribution in [0.5, 0.6) is 0 Å². The van der Waals surface area contributed by atoms with Gasteiger partial charge in [0.15, 0.2) is 5.82 Å². The summed E-state index contributed by atoms with van der Waals surface area (Å²) in [5.41, 5.74) is 5.14. The summed E-state index contributed by atoms with van der Waals surface area (Å²) < 4.78 is 2.03. The van der Waals surface area contributed by atoms with Crippen molar-refractivity contribution in [1.82, 2.24) is 19.7 Å². The van der Waals surface area contributed by atoms with E-state index in [4.69, 9.17) is 0 Å². The van der Waals surface area contributed by atoms with Crippen molar-refractivity contribution in [2.24, 2.45) is 0 Å². The van der Waals surface area contributed by atoms with Gasteiger partial charge in [0.05, 0.1) is 6.54 Å². The third-order valence-corrected chi connectivity index (χ3v) is 4.87. The number of fused-ring (bicyclic) bond motifs is 1. The predicted octanol–water partition coefficient (Wildman–Crippen LogP) is 2.76. The van der Waals surface area contributed by atoms with Crippen molar-refractivity contribution >= 4 is 0 Å². The molecule has 0 bridgehead atoms. The Morgan fingerprint density at radius 2 is 1.80 bits per heavy atom. The lowest BCUT2D eigenvalue weighted by Gasteiger charge is -2.27. The van der Waals surface area contributed by atoms with Gasteiger partial charge < -0.3 is 9.67 Å². The number of hydrogen-bond acceptors (Lipinski definition) is 4. The van der Waals surface area contributed by atoms with Gasteiger partial charge in [-0.05, 0) is 29.2 Å². The molecule has 0 aliphatic carbocycles. The van der Waals surface area contributed by atoms with Gasteiger partial charge >= 0.3 is 0 Å². The normalized spacial score (nSPS) is 14.5. The Labute approximate surface area is 147 Å². The fraction of sp³-hybridized carbons (Fsp3) is 0.300. The molecule has 128 valence electrons. The van der Waals surface area contributed by atoms with Gasteiger partial charge in [-0.15, -0.1) is 10.2 Å². The van der Waals surface area contributed by atoms with Crippen LogP contribution in [0.25, 0.3) is 11.1 Å². The molecule has 0 atom stereocenters. The van der Waals surface area contributed by atoms with E-state index in [0.717, 1.165) is 32.0 Å². The summed E-state index contributed by atoms with van der Waals surface area (Å²) in [5, 5.41) is 17.5. The lowest BCUT2D eigenvalue weighted by atomic mass is 9.99. The van der Waals surface area contributed by atoms with E-state index in [1.54, 1.807) is 0 Å². The molecule has 1 aromatic heterocycles. The van der Waals surface area contributed by atoms with Crippen molar-refractivity contribution in [3.63, 3.8) is 0 Å². The molecule has 3 aromatic rings. The van der Waals surface area contributed by atoms with E-state index in [1.165, 1.54) is 22.3 Å². The highest BCUT2D eigenvalue weighted by Gasteiger charge is 2.20. The van der Waals surface area contributed by atoms with Gasteiger partial charge in [-0.3, -0.25) is 4.90 Å². The third kappa shape index (κ3) is 3.21. The average Bonchev–Trinajstić information content (AvgIpc) is 3.05. The van der Waals surface area contributed by atoms with Crippen LogP contribution >= 0.6 is 0 Å². The largest absolute Gasteiger partial charge is 0.388 e. The van der Waals surface area contributed by atoms with E-state index in [9.17, 15) is 5.11 Å². The summed E-state index contributed by atoms with van der Waals surface area (Å²) in [7, 11) is 0. The van der Waals surface area contributed by atoms with Gasteiger partial charge in [0.1, 0.15) is 12.4 Å². The second-order valence-electron chi connectivity index (χ2n) is 6.56. The second kappa shape index (κ2) is 6.78. The van der Waals surface area contributed by atoms with Gasteiger partial charge in [0, 0.05) is 19.6 Å². The number of aliphatic hydroxyl groups excluding tert-OH is 1. The van der Waals surface area contributed by atoms with Crippen LogP contribution in [0.15, 0.2) is 48.5 Å². The molecule has 0 amide bonds. The Bertz CT molecular complexity index is 870. The molecule has 0 fully saturated rings. The molecular weight excluding hydrogens is 312 g/mol. The monoisotopic (exact) mass is 334 g/mol. The van der Waals surface area contributed by atoms with E-state index < -0.39 is 0 Å². The van der Waals surface area contributed by atoms with Crippen molar-refractivity contribution in [1.29, 1.82) is 0 Å². The highest BCUT2D eigenvalue weighted by Crippen LogP contribution is 2.24. The van der Waals surface area contributed by atoms with E-state index in [-0.39, 0.29) is 6.61 Å². The standard InChI is InChI=1S/C20H22N4O/c1-15-4-2-3-5-18(15)17-8-6-16(7-9-17)12-23-10-11-24-19(13-23)21-22-20(24)14-25/h2-9,25H,10-14H2,1H3. The minimum Gasteiger partial charge on any atom is -0.388 e. The van der Waals surface area contributed by atoms with Gasteiger partial charge in [0.25, 0.3) is 0 Å². The first kappa shape index (κ1) is 16.0. The maximum Gasteiger partial charge on any atom is 0.158 e. The van der Waals surface area contributed by atoms with Crippen molar-refractivity contribution < 1.29 is 5.11 Å². The molecule has 5 heteroatoms. The Kier molecular flexibility index (Phi) is 4.34. The van der Waals surface area contributed by atoms with Crippen molar-refractivity contribution in [3.8, 4) is 11.1 Å². The summed E-state index contributed by atoms with van der Waals surface area (Å²) >= 11 is 0. The van der Waals surface area contributed by atoms with Gasteiger partial charge in [0.2, 0.25) is 0 Å². The minimum atomic E-state index is -0.0482. The smallest absolute Gasteiger partial charge is 0.158 e. The van der Waals surface area contributed by atoms with Crippen LogP contribution in [0.4, 0.5) is 0 Å². The Hall–Kier alpha value is -2.50. The minimum absolute atomic E-state index is 0.0482. The zero-order chi connectivity index (χ0) is 17.2. The number of aromatic nitrogens is 3. The van der Waals surface area contributed by atoms with Crippen LogP contribution in [0.1, 0.15) is 22.8 Å². The number of aryl methyl sites for hydroxylation is 1. The lowest BCUT2D eigenvalue weighted by molar-refractivity contribution is 0.199. The zero-order valence-corrected chi connectivity index (χ0v) is 14.4. The van der Waals surface area contributed by atoms with Crippen LogP contribution in [-0.2, 0) is 26.2 Å². The fourth-order valence-electron chi connectivity index (χ4n) is 3.46. The molecule has 0 saturated carbocycles. The van der Waals surface area contributed by atoms with Gasteiger partial charge in [-0.1, -0.05) is 48.5 Å². The number of aliphatic hydroxyl groups is 1. The summed E-state index contributed by atoms with van der Waals surface area (Å²) in [5.74, 6) is 1.60.